The zero-order chi connectivity index (χ0) is 32.9. The van der Waals surface area contributed by atoms with E-state index in [0.717, 1.165) is 5.71 Å². The minimum Gasteiger partial charge on any atom is -0.397 e. The molecule has 9 nitrogen and oxygen atoms in total. The number of carbonyl (C=O) groups excluding carboxylic acids is 1. The smallest absolute Gasteiger partial charge is 0.272 e. The molecule has 234 valence electrons. The average Bonchev–Trinajstić information content (AvgIpc) is 3.02. The highest BCUT2D eigenvalue weighted by molar-refractivity contribution is 6.39. The van der Waals surface area contributed by atoms with E-state index in [9.17, 15) is 19.2 Å². The number of hydrogen-bond donors (Lipinski definition) is 1. The minimum absolute atomic E-state index is 0.0376. The van der Waals surface area contributed by atoms with E-state index in [1.807, 2.05) is 31.7 Å². The number of carbonyl (C=O) groups is 1. The van der Waals surface area contributed by atoms with Gasteiger partial charge >= 0.3 is 0 Å². The number of halogens is 4. The first-order valence-corrected chi connectivity index (χ1v) is 15.5. The van der Waals surface area contributed by atoms with E-state index in [2.05, 4.69) is 17.6 Å². The van der Waals surface area contributed by atoms with E-state index >= 15 is 0 Å². The number of nitrogens with zero attached hydrogens (tertiary/aromatic N) is 6. The quantitative estimate of drug-likeness (QED) is 0.187. The fraction of sp³-hybridized carbons (Fsp3) is 0.344. The highest BCUT2D eigenvalue weighted by Crippen LogP contribution is 2.45. The second kappa shape index (κ2) is 12.5. The number of nitrogen functional groups attached to an aromatic ring is 1. The molecule has 2 atom stereocenters. The van der Waals surface area contributed by atoms with Crippen molar-refractivity contribution in [3.05, 3.63) is 73.4 Å². The van der Waals surface area contributed by atoms with Crippen LogP contribution in [0.15, 0.2) is 40.8 Å². The van der Waals surface area contributed by atoms with E-state index < -0.39 is 17.4 Å². The second-order valence-corrected chi connectivity index (χ2v) is 12.6. The zero-order valence-corrected chi connectivity index (χ0v) is 27.4. The average molecular weight is 671 g/mol. The van der Waals surface area contributed by atoms with Crippen molar-refractivity contribution in [2.75, 3.05) is 36.8 Å². The van der Waals surface area contributed by atoms with Gasteiger partial charge in [-0.05, 0) is 30.5 Å². The van der Waals surface area contributed by atoms with Crippen molar-refractivity contribution in [2.24, 2.45) is 16.8 Å². The Labute approximate surface area is 275 Å². The van der Waals surface area contributed by atoms with Gasteiger partial charge in [0.25, 0.3) is 5.56 Å². The van der Waals surface area contributed by atoms with Crippen LogP contribution in [0.1, 0.15) is 37.9 Å². The summed E-state index contributed by atoms with van der Waals surface area (Å²) in [6.07, 6.45) is 4.87. The number of piperazine rings is 1. The van der Waals surface area contributed by atoms with E-state index in [4.69, 9.17) is 45.5 Å². The summed E-state index contributed by atoms with van der Waals surface area (Å²) in [5.41, 5.74) is 7.57. The molecule has 2 N–H and O–H groups in total. The van der Waals surface area contributed by atoms with Gasteiger partial charge in [0.1, 0.15) is 22.3 Å². The lowest BCUT2D eigenvalue weighted by Gasteiger charge is -2.37. The van der Waals surface area contributed by atoms with Crippen molar-refractivity contribution in [3.63, 3.8) is 0 Å². The van der Waals surface area contributed by atoms with Gasteiger partial charge in [-0.1, -0.05) is 68.2 Å². The van der Waals surface area contributed by atoms with Crippen LogP contribution in [0, 0.1) is 35.9 Å². The molecule has 2 aliphatic heterocycles. The van der Waals surface area contributed by atoms with Gasteiger partial charge in [0.2, 0.25) is 5.91 Å². The number of amides is 1. The van der Waals surface area contributed by atoms with Gasteiger partial charge in [-0.2, -0.15) is 5.26 Å². The van der Waals surface area contributed by atoms with Crippen molar-refractivity contribution in [1.82, 2.24) is 14.5 Å². The van der Waals surface area contributed by atoms with Crippen molar-refractivity contribution < 1.29 is 9.18 Å². The molecule has 0 saturated carbocycles. The number of fused-ring (bicyclic) bond motifs is 1. The SMILES string of the molecule is C=CC(=O)N1CCN(c2c(C#N)c(=O)n(C3C(C(C)C)=NC=C[C@H]3C)c3nc(-c4c(C)c(Cl)c(F)c(Cl)c4N)c(Cl)cc23)CC1. The summed E-state index contributed by atoms with van der Waals surface area (Å²) < 4.78 is 16.2. The van der Waals surface area contributed by atoms with Crippen LogP contribution in [0.3, 0.4) is 0 Å². The number of aromatic nitrogens is 2. The van der Waals surface area contributed by atoms with E-state index in [-0.39, 0.29) is 66.5 Å². The first-order valence-electron chi connectivity index (χ1n) is 14.4. The summed E-state index contributed by atoms with van der Waals surface area (Å²) in [5, 5.41) is 10.4. The lowest BCUT2D eigenvalue weighted by molar-refractivity contribution is -0.126. The normalized spacial score (nSPS) is 18.4. The first kappa shape index (κ1) is 32.5. The van der Waals surface area contributed by atoms with Gasteiger partial charge in [-0.3, -0.25) is 19.1 Å². The number of nitriles is 1. The molecule has 1 amide bonds. The highest BCUT2D eigenvalue weighted by Gasteiger charge is 2.35. The molecule has 1 unspecified atom stereocenters. The molecule has 4 heterocycles. The molecule has 1 saturated heterocycles. The van der Waals surface area contributed by atoms with Crippen LogP contribution in [-0.4, -0.2) is 52.2 Å². The standard InChI is InChI=1S/C32H31Cl3FN7O2/c1-6-21(44)41-9-11-42(12-10-41)30-18-13-20(33)28(22-17(5)23(34)25(36)24(35)26(22)38)40-31(18)43(32(45)19(30)14-37)29-16(4)7-8-39-27(29)15(2)3/h6-8,13,15-16,29H,1,9-12,38H2,2-5H3/t16-,29?/m1/s1. The molecule has 0 aliphatic carbocycles. The summed E-state index contributed by atoms with van der Waals surface area (Å²) in [6, 6.07) is 3.20. The summed E-state index contributed by atoms with van der Waals surface area (Å²) in [6.45, 7) is 12.5. The topological polar surface area (TPSA) is 121 Å². The van der Waals surface area contributed by atoms with Crippen LogP contribution in [0.5, 0.6) is 0 Å². The Morgan fingerprint density at radius 1 is 1.22 bits per heavy atom. The molecule has 2 aromatic heterocycles. The third-order valence-electron chi connectivity index (χ3n) is 8.42. The van der Waals surface area contributed by atoms with Crippen LogP contribution in [0.2, 0.25) is 15.1 Å². The third-order valence-corrected chi connectivity index (χ3v) is 9.53. The predicted octanol–water partition coefficient (Wildman–Crippen LogP) is 6.56. The number of aliphatic imine (C=N–C) groups is 1. The molecule has 1 aromatic carbocycles. The molecule has 5 rings (SSSR count). The van der Waals surface area contributed by atoms with Gasteiger partial charge in [0, 0.05) is 55.0 Å². The third kappa shape index (κ3) is 5.37. The lowest BCUT2D eigenvalue weighted by atomic mass is 9.88. The van der Waals surface area contributed by atoms with Crippen molar-refractivity contribution >= 4 is 68.8 Å². The zero-order valence-electron chi connectivity index (χ0n) is 25.2. The summed E-state index contributed by atoms with van der Waals surface area (Å²) in [5.74, 6) is -1.28. The maximum atomic E-state index is 14.7. The molecule has 1 fully saturated rings. The fourth-order valence-corrected chi connectivity index (χ4v) is 6.78. The van der Waals surface area contributed by atoms with Crippen molar-refractivity contribution in [3.8, 4) is 17.3 Å². The van der Waals surface area contributed by atoms with Gasteiger partial charge in [-0.15, -0.1) is 0 Å². The number of nitrogens with two attached hydrogens (primary N) is 1. The number of benzene rings is 1. The minimum atomic E-state index is -0.860. The molecule has 45 heavy (non-hydrogen) atoms. The summed E-state index contributed by atoms with van der Waals surface area (Å²) >= 11 is 19.4. The molecule has 0 bridgehead atoms. The monoisotopic (exact) mass is 669 g/mol. The Hall–Kier alpha value is -3.91. The maximum absolute atomic E-state index is 14.7. The highest BCUT2D eigenvalue weighted by atomic mass is 35.5. The Balaban J connectivity index is 1.88. The molecule has 3 aromatic rings. The predicted molar refractivity (Wildman–Crippen MR) is 179 cm³/mol. The van der Waals surface area contributed by atoms with Gasteiger partial charge < -0.3 is 15.5 Å². The van der Waals surface area contributed by atoms with E-state index in [1.165, 1.54) is 10.6 Å². The van der Waals surface area contributed by atoms with Crippen LogP contribution in [0.25, 0.3) is 22.3 Å². The van der Waals surface area contributed by atoms with Crippen LogP contribution in [-0.2, 0) is 4.79 Å². The van der Waals surface area contributed by atoms with Crippen molar-refractivity contribution in [1.29, 1.82) is 5.26 Å². The molecular weight excluding hydrogens is 640 g/mol. The first-order chi connectivity index (χ1) is 21.3. The fourth-order valence-electron chi connectivity index (χ4n) is 6.11. The Morgan fingerprint density at radius 2 is 1.89 bits per heavy atom. The largest absolute Gasteiger partial charge is 0.397 e. The molecular formula is C32H31Cl3FN7O2. The maximum Gasteiger partial charge on any atom is 0.272 e. The molecule has 2 aliphatic rings. The van der Waals surface area contributed by atoms with E-state index in [1.54, 1.807) is 24.1 Å². The molecule has 13 heteroatoms. The van der Waals surface area contributed by atoms with Crippen molar-refractivity contribution in [2.45, 2.75) is 33.7 Å². The van der Waals surface area contributed by atoms with E-state index in [0.29, 0.717) is 37.3 Å². The van der Waals surface area contributed by atoms with Gasteiger partial charge in [-0.25, -0.2) is 9.37 Å². The van der Waals surface area contributed by atoms with Crippen LogP contribution < -0.4 is 16.2 Å². The summed E-state index contributed by atoms with van der Waals surface area (Å²) in [4.78, 5) is 39.9. The Kier molecular flexibility index (Phi) is 9.00. The van der Waals surface area contributed by atoms with Gasteiger partial charge in [0.05, 0.1) is 33.2 Å². The van der Waals surface area contributed by atoms with Gasteiger partial charge in [0.15, 0.2) is 5.82 Å². The lowest BCUT2D eigenvalue weighted by Crippen LogP contribution is -2.49. The van der Waals surface area contributed by atoms with Crippen LogP contribution >= 0.6 is 34.8 Å². The van der Waals surface area contributed by atoms with Crippen LogP contribution in [0.4, 0.5) is 15.8 Å². The Bertz CT molecular complexity index is 1890. The number of pyridine rings is 2. The summed E-state index contributed by atoms with van der Waals surface area (Å²) in [7, 11) is 0. The number of rotatable bonds is 5. The second-order valence-electron chi connectivity index (χ2n) is 11.4. The Morgan fingerprint density at radius 3 is 2.49 bits per heavy atom. The number of anilines is 2. The number of hydrogen-bond acceptors (Lipinski definition) is 7. The number of allylic oxidation sites excluding steroid dienone is 1. The molecule has 0 radical (unpaired) electrons. The molecule has 0 spiro atoms.